The minimum atomic E-state index is -0.901. The summed E-state index contributed by atoms with van der Waals surface area (Å²) in [6.45, 7) is 3.53. The van der Waals surface area contributed by atoms with Gasteiger partial charge in [-0.15, -0.1) is 6.58 Å². The van der Waals surface area contributed by atoms with E-state index in [1.807, 2.05) is 0 Å². The van der Waals surface area contributed by atoms with Crippen LogP contribution in [0.15, 0.2) is 29.3 Å². The molecule has 1 rings (SSSR count). The second-order valence-electron chi connectivity index (χ2n) is 2.90. The zero-order valence-electron chi connectivity index (χ0n) is 7.43. The normalized spacial score (nSPS) is 12.6. The van der Waals surface area contributed by atoms with Gasteiger partial charge in [-0.3, -0.25) is 0 Å². The molecule has 2 N–H and O–H groups in total. The molecule has 0 saturated carbocycles. The molecule has 0 aliphatic carbocycles. The van der Waals surface area contributed by atoms with Gasteiger partial charge in [0.25, 0.3) is 0 Å². The predicted octanol–water partition coefficient (Wildman–Crippen LogP) is 3.30. The Morgan fingerprint density at radius 3 is 2.71 bits per heavy atom. The lowest BCUT2D eigenvalue weighted by Crippen LogP contribution is -2.10. The summed E-state index contributed by atoms with van der Waals surface area (Å²) in [5.41, 5.74) is 6.28. The van der Waals surface area contributed by atoms with E-state index in [0.29, 0.717) is 12.0 Å². The molecule has 1 aromatic carbocycles. The van der Waals surface area contributed by atoms with Crippen molar-refractivity contribution in [2.24, 2.45) is 5.73 Å². The molecule has 1 nitrogen and oxygen atoms in total. The van der Waals surface area contributed by atoms with Crippen molar-refractivity contribution in [1.82, 2.24) is 0 Å². The van der Waals surface area contributed by atoms with Crippen LogP contribution in [0.25, 0.3) is 0 Å². The van der Waals surface area contributed by atoms with Gasteiger partial charge in [-0.25, -0.2) is 8.78 Å². The summed E-state index contributed by atoms with van der Waals surface area (Å²) >= 11 is 2.97. The Kier molecular flexibility index (Phi) is 3.77. The summed E-state index contributed by atoms with van der Waals surface area (Å²) < 4.78 is 25.9. The first kappa shape index (κ1) is 11.3. The van der Waals surface area contributed by atoms with Gasteiger partial charge in [-0.2, -0.15) is 0 Å². The van der Waals surface area contributed by atoms with Crippen molar-refractivity contribution in [3.63, 3.8) is 0 Å². The molecule has 0 spiro atoms. The molecule has 1 aromatic rings. The Balaban J connectivity index is 3.10. The summed E-state index contributed by atoms with van der Waals surface area (Å²) in [4.78, 5) is 0. The third-order valence-electron chi connectivity index (χ3n) is 1.89. The van der Waals surface area contributed by atoms with Gasteiger partial charge in [0.05, 0.1) is 4.47 Å². The molecule has 0 radical (unpaired) electrons. The van der Waals surface area contributed by atoms with Gasteiger partial charge < -0.3 is 5.73 Å². The maximum Gasteiger partial charge on any atom is 0.173 e. The highest BCUT2D eigenvalue weighted by atomic mass is 79.9. The number of rotatable bonds is 3. The fraction of sp³-hybridized carbons (Fsp3) is 0.200. The topological polar surface area (TPSA) is 26.0 Å². The molecule has 14 heavy (non-hydrogen) atoms. The number of hydrogen-bond donors (Lipinski definition) is 1. The molecule has 1 atom stereocenters. The molecule has 0 aromatic heterocycles. The average molecular weight is 262 g/mol. The SMILES string of the molecule is C=CC[C@@H](N)c1ccc(F)c(F)c1Br. The van der Waals surface area contributed by atoms with Crippen LogP contribution < -0.4 is 5.73 Å². The Morgan fingerprint density at radius 1 is 1.50 bits per heavy atom. The maximum absolute atomic E-state index is 13.1. The molecule has 0 fully saturated rings. The fourth-order valence-electron chi connectivity index (χ4n) is 1.13. The van der Waals surface area contributed by atoms with Crippen LogP contribution in [-0.2, 0) is 0 Å². The molecular formula is C10H10BrF2N. The molecule has 4 heteroatoms. The van der Waals surface area contributed by atoms with Gasteiger partial charge in [0, 0.05) is 6.04 Å². The highest BCUT2D eigenvalue weighted by Crippen LogP contribution is 2.28. The fourth-order valence-corrected chi connectivity index (χ4v) is 1.75. The lowest BCUT2D eigenvalue weighted by Gasteiger charge is -2.12. The average Bonchev–Trinajstić information content (AvgIpc) is 2.15. The van der Waals surface area contributed by atoms with E-state index in [4.69, 9.17) is 5.73 Å². The lowest BCUT2D eigenvalue weighted by atomic mass is 10.0. The van der Waals surface area contributed by atoms with Crippen LogP contribution in [0, 0.1) is 11.6 Å². The standard InChI is InChI=1S/C10H10BrF2N/c1-2-3-8(14)6-4-5-7(12)10(13)9(6)11/h2,4-5,8H,1,3,14H2/t8-/m1/s1. The quantitative estimate of drug-likeness (QED) is 0.656. The van der Waals surface area contributed by atoms with Gasteiger partial charge in [0.2, 0.25) is 0 Å². The van der Waals surface area contributed by atoms with Crippen molar-refractivity contribution < 1.29 is 8.78 Å². The van der Waals surface area contributed by atoms with Crippen molar-refractivity contribution in [1.29, 1.82) is 0 Å². The Morgan fingerprint density at radius 2 is 2.14 bits per heavy atom. The minimum Gasteiger partial charge on any atom is -0.324 e. The van der Waals surface area contributed by atoms with Crippen LogP contribution in [-0.4, -0.2) is 0 Å². The van der Waals surface area contributed by atoms with E-state index >= 15 is 0 Å². The van der Waals surface area contributed by atoms with Crippen molar-refractivity contribution in [2.45, 2.75) is 12.5 Å². The Hall–Kier alpha value is -0.740. The van der Waals surface area contributed by atoms with Crippen molar-refractivity contribution in [2.75, 3.05) is 0 Å². The number of nitrogens with two attached hydrogens (primary N) is 1. The molecular weight excluding hydrogens is 252 g/mol. The van der Waals surface area contributed by atoms with Crippen LogP contribution in [0.1, 0.15) is 18.0 Å². The third kappa shape index (κ3) is 2.19. The van der Waals surface area contributed by atoms with Gasteiger partial charge >= 0.3 is 0 Å². The van der Waals surface area contributed by atoms with Crippen LogP contribution in [0.5, 0.6) is 0 Å². The molecule has 0 aliphatic heterocycles. The van der Waals surface area contributed by atoms with E-state index in [9.17, 15) is 8.78 Å². The van der Waals surface area contributed by atoms with E-state index in [-0.39, 0.29) is 10.5 Å². The summed E-state index contributed by atoms with van der Waals surface area (Å²) in [6.07, 6.45) is 2.15. The van der Waals surface area contributed by atoms with E-state index in [1.165, 1.54) is 6.07 Å². The van der Waals surface area contributed by atoms with E-state index in [0.717, 1.165) is 6.07 Å². The Bertz CT molecular complexity index is 352. The molecule has 0 bridgehead atoms. The summed E-state index contributed by atoms with van der Waals surface area (Å²) in [5.74, 6) is -1.78. The van der Waals surface area contributed by atoms with Crippen LogP contribution in [0.2, 0.25) is 0 Å². The van der Waals surface area contributed by atoms with Crippen molar-refractivity contribution in [3.8, 4) is 0 Å². The minimum absolute atomic E-state index is 0.0897. The highest BCUT2D eigenvalue weighted by molar-refractivity contribution is 9.10. The van der Waals surface area contributed by atoms with E-state index < -0.39 is 11.6 Å². The van der Waals surface area contributed by atoms with Gasteiger partial charge in [-0.05, 0) is 34.0 Å². The maximum atomic E-state index is 13.1. The monoisotopic (exact) mass is 261 g/mol. The van der Waals surface area contributed by atoms with Gasteiger partial charge in [-0.1, -0.05) is 12.1 Å². The predicted molar refractivity (Wildman–Crippen MR) is 55.8 cm³/mol. The summed E-state index contributed by atoms with van der Waals surface area (Å²) in [7, 11) is 0. The summed E-state index contributed by atoms with van der Waals surface area (Å²) in [5, 5.41) is 0. The zero-order chi connectivity index (χ0) is 10.7. The van der Waals surface area contributed by atoms with E-state index in [2.05, 4.69) is 22.5 Å². The molecule has 0 saturated heterocycles. The lowest BCUT2D eigenvalue weighted by molar-refractivity contribution is 0.500. The van der Waals surface area contributed by atoms with Gasteiger partial charge in [0.1, 0.15) is 0 Å². The highest BCUT2D eigenvalue weighted by Gasteiger charge is 2.14. The molecule has 0 aliphatic rings. The van der Waals surface area contributed by atoms with Crippen LogP contribution in [0.4, 0.5) is 8.78 Å². The van der Waals surface area contributed by atoms with Crippen molar-refractivity contribution >= 4 is 15.9 Å². The van der Waals surface area contributed by atoms with Gasteiger partial charge in [0.15, 0.2) is 11.6 Å². The Labute approximate surface area is 89.7 Å². The number of halogens is 3. The molecule has 0 unspecified atom stereocenters. The van der Waals surface area contributed by atoms with E-state index in [1.54, 1.807) is 6.08 Å². The third-order valence-corrected chi connectivity index (χ3v) is 2.69. The largest absolute Gasteiger partial charge is 0.324 e. The first-order chi connectivity index (χ1) is 6.57. The smallest absolute Gasteiger partial charge is 0.173 e. The molecule has 0 amide bonds. The summed E-state index contributed by atoms with van der Waals surface area (Å²) in [6, 6.07) is 2.17. The number of benzene rings is 1. The first-order valence-electron chi connectivity index (χ1n) is 4.07. The molecule has 76 valence electrons. The number of hydrogen-bond acceptors (Lipinski definition) is 1. The van der Waals surface area contributed by atoms with Crippen LogP contribution >= 0.6 is 15.9 Å². The second-order valence-corrected chi connectivity index (χ2v) is 3.69. The zero-order valence-corrected chi connectivity index (χ0v) is 9.02. The van der Waals surface area contributed by atoms with Crippen LogP contribution in [0.3, 0.4) is 0 Å². The molecule has 0 heterocycles. The van der Waals surface area contributed by atoms with Crippen molar-refractivity contribution in [3.05, 3.63) is 46.5 Å². The first-order valence-corrected chi connectivity index (χ1v) is 4.87. The second kappa shape index (κ2) is 4.66.